The molecule has 0 saturated carbocycles. The second kappa shape index (κ2) is 7.36. The zero-order valence-electron chi connectivity index (χ0n) is 13.4. The van der Waals surface area contributed by atoms with Crippen LogP contribution < -0.4 is 5.32 Å². The fraction of sp³-hybridized carbons (Fsp3) is 0.667. The standard InChI is InChI=1S/C15H25N5O/c1-5-7-11(3)21-10-13-18-14(16-8-6-2)12-9-17-20(4)15(12)19-13/h9,11H,5-8,10H2,1-4H3,(H,16,18,19). The molecule has 6 nitrogen and oxygen atoms in total. The van der Waals surface area contributed by atoms with Gasteiger partial charge in [-0.15, -0.1) is 0 Å². The highest BCUT2D eigenvalue weighted by Crippen LogP contribution is 2.20. The van der Waals surface area contributed by atoms with Gasteiger partial charge in [-0.3, -0.25) is 4.68 Å². The zero-order chi connectivity index (χ0) is 15.2. The SMILES string of the molecule is CCCNc1nc(COC(C)CCC)nc2c1cnn2C. The van der Waals surface area contributed by atoms with Crippen LogP contribution in [-0.2, 0) is 18.4 Å². The van der Waals surface area contributed by atoms with Crippen molar-refractivity contribution in [3.63, 3.8) is 0 Å². The van der Waals surface area contributed by atoms with Crippen molar-refractivity contribution in [2.45, 2.75) is 52.7 Å². The van der Waals surface area contributed by atoms with Crippen LogP contribution in [0.2, 0.25) is 0 Å². The summed E-state index contributed by atoms with van der Waals surface area (Å²) in [4.78, 5) is 9.14. The minimum atomic E-state index is 0.230. The highest BCUT2D eigenvalue weighted by molar-refractivity contribution is 5.86. The van der Waals surface area contributed by atoms with E-state index in [1.165, 1.54) is 0 Å². The van der Waals surface area contributed by atoms with Crippen molar-refractivity contribution in [3.8, 4) is 0 Å². The monoisotopic (exact) mass is 291 g/mol. The van der Waals surface area contributed by atoms with Crippen LogP contribution >= 0.6 is 0 Å². The van der Waals surface area contributed by atoms with Crippen LogP contribution in [0.4, 0.5) is 5.82 Å². The van der Waals surface area contributed by atoms with Crippen LogP contribution in [0.3, 0.4) is 0 Å². The fourth-order valence-electron chi connectivity index (χ4n) is 2.22. The molecule has 0 aromatic carbocycles. The van der Waals surface area contributed by atoms with E-state index < -0.39 is 0 Å². The first-order valence-corrected chi connectivity index (χ1v) is 7.69. The number of nitrogens with zero attached hydrogens (tertiary/aromatic N) is 4. The molecule has 116 valence electrons. The summed E-state index contributed by atoms with van der Waals surface area (Å²) in [6.07, 6.45) is 5.25. The van der Waals surface area contributed by atoms with E-state index in [2.05, 4.69) is 41.2 Å². The van der Waals surface area contributed by atoms with Crippen LogP contribution in [0.25, 0.3) is 11.0 Å². The number of anilines is 1. The van der Waals surface area contributed by atoms with Gasteiger partial charge in [0.1, 0.15) is 12.4 Å². The maximum absolute atomic E-state index is 5.81. The number of aryl methyl sites for hydroxylation is 1. The smallest absolute Gasteiger partial charge is 0.163 e. The molecule has 2 aromatic heterocycles. The lowest BCUT2D eigenvalue weighted by molar-refractivity contribution is 0.0433. The molecular weight excluding hydrogens is 266 g/mol. The number of ether oxygens (including phenoxy) is 1. The molecule has 21 heavy (non-hydrogen) atoms. The predicted octanol–water partition coefficient (Wildman–Crippen LogP) is 2.89. The molecule has 1 N–H and O–H groups in total. The number of aromatic nitrogens is 4. The second-order valence-electron chi connectivity index (χ2n) is 5.33. The van der Waals surface area contributed by atoms with E-state index in [-0.39, 0.29) is 6.10 Å². The third-order valence-electron chi connectivity index (χ3n) is 3.37. The Labute approximate surface area is 125 Å². The Morgan fingerprint density at radius 3 is 2.81 bits per heavy atom. The molecule has 0 radical (unpaired) electrons. The van der Waals surface area contributed by atoms with E-state index >= 15 is 0 Å². The highest BCUT2D eigenvalue weighted by Gasteiger charge is 2.12. The van der Waals surface area contributed by atoms with Gasteiger partial charge in [0.15, 0.2) is 11.5 Å². The number of hydrogen-bond donors (Lipinski definition) is 1. The lowest BCUT2D eigenvalue weighted by Gasteiger charge is -2.12. The quantitative estimate of drug-likeness (QED) is 0.810. The molecule has 0 amide bonds. The second-order valence-corrected chi connectivity index (χ2v) is 5.33. The average molecular weight is 291 g/mol. The largest absolute Gasteiger partial charge is 0.371 e. The van der Waals surface area contributed by atoms with Crippen molar-refractivity contribution in [1.82, 2.24) is 19.7 Å². The van der Waals surface area contributed by atoms with Crippen molar-refractivity contribution in [3.05, 3.63) is 12.0 Å². The Hall–Kier alpha value is -1.69. The average Bonchev–Trinajstić information content (AvgIpc) is 2.85. The molecule has 0 saturated heterocycles. The lowest BCUT2D eigenvalue weighted by atomic mass is 10.2. The Bertz CT molecular complexity index is 581. The Morgan fingerprint density at radius 1 is 1.29 bits per heavy atom. The van der Waals surface area contributed by atoms with E-state index in [9.17, 15) is 0 Å². The summed E-state index contributed by atoms with van der Waals surface area (Å²) in [5.74, 6) is 1.55. The zero-order valence-corrected chi connectivity index (χ0v) is 13.4. The molecule has 6 heteroatoms. The van der Waals surface area contributed by atoms with Gasteiger partial charge in [-0.05, 0) is 19.8 Å². The summed E-state index contributed by atoms with van der Waals surface area (Å²) in [5, 5.41) is 8.56. The Kier molecular flexibility index (Phi) is 5.50. The summed E-state index contributed by atoms with van der Waals surface area (Å²) in [5.41, 5.74) is 0.838. The molecule has 2 heterocycles. The third kappa shape index (κ3) is 3.91. The van der Waals surface area contributed by atoms with Crippen molar-refractivity contribution in [2.24, 2.45) is 7.05 Å². The molecule has 0 fully saturated rings. The van der Waals surface area contributed by atoms with Gasteiger partial charge in [0.05, 0.1) is 17.7 Å². The van der Waals surface area contributed by atoms with Crippen LogP contribution in [0.15, 0.2) is 6.20 Å². The van der Waals surface area contributed by atoms with E-state index in [0.717, 1.165) is 42.7 Å². The van der Waals surface area contributed by atoms with Gasteiger partial charge in [0.2, 0.25) is 0 Å². The minimum Gasteiger partial charge on any atom is -0.371 e. The van der Waals surface area contributed by atoms with Crippen molar-refractivity contribution >= 4 is 16.9 Å². The summed E-state index contributed by atoms with van der Waals surface area (Å²) < 4.78 is 7.58. The summed E-state index contributed by atoms with van der Waals surface area (Å²) in [6, 6.07) is 0. The maximum Gasteiger partial charge on any atom is 0.163 e. The summed E-state index contributed by atoms with van der Waals surface area (Å²) >= 11 is 0. The molecule has 1 unspecified atom stereocenters. The molecular formula is C15H25N5O. The molecule has 0 aliphatic carbocycles. The molecule has 0 bridgehead atoms. The van der Waals surface area contributed by atoms with E-state index in [1.807, 2.05) is 7.05 Å². The fourth-order valence-corrected chi connectivity index (χ4v) is 2.22. The van der Waals surface area contributed by atoms with Gasteiger partial charge in [0.25, 0.3) is 0 Å². The van der Waals surface area contributed by atoms with Crippen LogP contribution in [-0.4, -0.2) is 32.4 Å². The number of fused-ring (bicyclic) bond motifs is 1. The van der Waals surface area contributed by atoms with Gasteiger partial charge in [-0.25, -0.2) is 9.97 Å². The first kappa shape index (κ1) is 15.7. The molecule has 1 atom stereocenters. The molecule has 2 rings (SSSR count). The van der Waals surface area contributed by atoms with Crippen molar-refractivity contribution < 1.29 is 4.74 Å². The van der Waals surface area contributed by atoms with Crippen LogP contribution in [0.1, 0.15) is 45.9 Å². The highest BCUT2D eigenvalue weighted by atomic mass is 16.5. The lowest BCUT2D eigenvalue weighted by Crippen LogP contribution is -2.11. The minimum absolute atomic E-state index is 0.230. The third-order valence-corrected chi connectivity index (χ3v) is 3.37. The van der Waals surface area contributed by atoms with E-state index in [0.29, 0.717) is 12.4 Å². The van der Waals surface area contributed by atoms with Crippen LogP contribution in [0.5, 0.6) is 0 Å². The number of nitrogens with one attached hydrogen (secondary N) is 1. The van der Waals surface area contributed by atoms with Gasteiger partial charge >= 0.3 is 0 Å². The van der Waals surface area contributed by atoms with Crippen molar-refractivity contribution in [1.29, 1.82) is 0 Å². The first-order chi connectivity index (χ1) is 10.2. The topological polar surface area (TPSA) is 64.9 Å². The van der Waals surface area contributed by atoms with Gasteiger partial charge in [-0.2, -0.15) is 5.10 Å². The van der Waals surface area contributed by atoms with Crippen LogP contribution in [0, 0.1) is 0 Å². The predicted molar refractivity (Wildman–Crippen MR) is 84.2 cm³/mol. The Balaban J connectivity index is 2.20. The number of rotatable bonds is 8. The van der Waals surface area contributed by atoms with Gasteiger partial charge in [0, 0.05) is 13.6 Å². The number of hydrogen-bond acceptors (Lipinski definition) is 5. The molecule has 0 spiro atoms. The summed E-state index contributed by atoms with van der Waals surface area (Å²) in [6.45, 7) is 7.69. The molecule has 0 aliphatic heterocycles. The first-order valence-electron chi connectivity index (χ1n) is 7.69. The van der Waals surface area contributed by atoms with E-state index in [1.54, 1.807) is 10.9 Å². The van der Waals surface area contributed by atoms with Crippen molar-refractivity contribution in [2.75, 3.05) is 11.9 Å². The summed E-state index contributed by atoms with van der Waals surface area (Å²) in [7, 11) is 1.89. The van der Waals surface area contributed by atoms with Gasteiger partial charge < -0.3 is 10.1 Å². The maximum atomic E-state index is 5.81. The van der Waals surface area contributed by atoms with E-state index in [4.69, 9.17) is 4.74 Å². The molecule has 0 aliphatic rings. The molecule has 2 aromatic rings. The van der Waals surface area contributed by atoms with Gasteiger partial charge in [-0.1, -0.05) is 20.3 Å². The Morgan fingerprint density at radius 2 is 2.10 bits per heavy atom. The normalized spacial score (nSPS) is 12.8.